The van der Waals surface area contributed by atoms with E-state index in [-0.39, 0.29) is 0 Å². The standard InChI is InChI=1S/C14H25Cl/c1-10(2)11-6-5-7-14(8-11)12(9-15)13(14,3)4/h10-12H,5-9H2,1-4H3. The lowest BCUT2D eigenvalue weighted by Gasteiger charge is -2.34. The Morgan fingerprint density at radius 3 is 2.47 bits per heavy atom. The van der Waals surface area contributed by atoms with Crippen LogP contribution < -0.4 is 0 Å². The molecule has 88 valence electrons. The first-order chi connectivity index (χ1) is 6.95. The highest BCUT2D eigenvalue weighted by molar-refractivity contribution is 6.18. The fourth-order valence-corrected chi connectivity index (χ4v) is 4.91. The molecule has 0 radical (unpaired) electrons. The van der Waals surface area contributed by atoms with Crippen LogP contribution in [-0.2, 0) is 0 Å². The lowest BCUT2D eigenvalue weighted by Crippen LogP contribution is -2.24. The van der Waals surface area contributed by atoms with E-state index in [1.807, 2.05) is 0 Å². The van der Waals surface area contributed by atoms with Crippen LogP contribution in [0, 0.1) is 28.6 Å². The molecule has 3 unspecified atom stereocenters. The van der Waals surface area contributed by atoms with Gasteiger partial charge >= 0.3 is 0 Å². The topological polar surface area (TPSA) is 0 Å². The third kappa shape index (κ3) is 1.55. The summed E-state index contributed by atoms with van der Waals surface area (Å²) in [5.74, 6) is 3.46. The summed E-state index contributed by atoms with van der Waals surface area (Å²) in [5.41, 5.74) is 1.13. The second kappa shape index (κ2) is 3.65. The summed E-state index contributed by atoms with van der Waals surface area (Å²) in [6.45, 7) is 9.63. The molecular weight excluding hydrogens is 204 g/mol. The number of hydrogen-bond acceptors (Lipinski definition) is 0. The van der Waals surface area contributed by atoms with Crippen LogP contribution in [0.4, 0.5) is 0 Å². The van der Waals surface area contributed by atoms with Crippen molar-refractivity contribution in [2.24, 2.45) is 28.6 Å². The van der Waals surface area contributed by atoms with Crippen molar-refractivity contribution in [3.8, 4) is 0 Å². The Hall–Kier alpha value is 0.290. The van der Waals surface area contributed by atoms with Crippen molar-refractivity contribution in [2.45, 2.75) is 53.4 Å². The Balaban J connectivity index is 2.11. The summed E-state index contributed by atoms with van der Waals surface area (Å²) < 4.78 is 0. The minimum atomic E-state index is 0.516. The molecule has 0 aromatic rings. The fourth-order valence-electron chi connectivity index (χ4n) is 4.23. The van der Waals surface area contributed by atoms with E-state index in [1.54, 1.807) is 0 Å². The summed E-state index contributed by atoms with van der Waals surface area (Å²) in [6, 6.07) is 0. The largest absolute Gasteiger partial charge is 0.126 e. The predicted molar refractivity (Wildman–Crippen MR) is 67.2 cm³/mol. The van der Waals surface area contributed by atoms with Crippen LogP contribution in [0.1, 0.15) is 53.4 Å². The van der Waals surface area contributed by atoms with Gasteiger partial charge in [0, 0.05) is 5.88 Å². The van der Waals surface area contributed by atoms with Crippen LogP contribution in [0.25, 0.3) is 0 Å². The van der Waals surface area contributed by atoms with E-state index < -0.39 is 0 Å². The van der Waals surface area contributed by atoms with Gasteiger partial charge in [-0.05, 0) is 41.4 Å². The van der Waals surface area contributed by atoms with Gasteiger partial charge in [-0.1, -0.05) is 40.5 Å². The molecule has 0 aromatic heterocycles. The van der Waals surface area contributed by atoms with E-state index in [1.165, 1.54) is 25.7 Å². The lowest BCUT2D eigenvalue weighted by atomic mass is 9.71. The molecule has 15 heavy (non-hydrogen) atoms. The van der Waals surface area contributed by atoms with Crippen LogP contribution in [0.15, 0.2) is 0 Å². The molecule has 1 heteroatoms. The second-order valence-electron chi connectivity index (χ2n) is 6.69. The average molecular weight is 229 g/mol. The smallest absolute Gasteiger partial charge is 0.0262 e. The van der Waals surface area contributed by atoms with Gasteiger partial charge in [-0.3, -0.25) is 0 Å². The molecule has 0 bridgehead atoms. The van der Waals surface area contributed by atoms with Gasteiger partial charge in [0.2, 0.25) is 0 Å². The SMILES string of the molecule is CC(C)C1CCCC2(C1)C(CCl)C2(C)C. The zero-order valence-electron chi connectivity index (χ0n) is 10.6. The molecule has 2 aliphatic carbocycles. The predicted octanol–water partition coefficient (Wildman–Crippen LogP) is 4.71. The van der Waals surface area contributed by atoms with Crippen LogP contribution >= 0.6 is 11.6 Å². The van der Waals surface area contributed by atoms with Crippen molar-refractivity contribution in [2.75, 3.05) is 5.88 Å². The van der Waals surface area contributed by atoms with Crippen LogP contribution in [0.2, 0.25) is 0 Å². The maximum Gasteiger partial charge on any atom is 0.0262 e. The Morgan fingerprint density at radius 2 is 2.00 bits per heavy atom. The van der Waals surface area contributed by atoms with Gasteiger partial charge in [0.25, 0.3) is 0 Å². The zero-order chi connectivity index (χ0) is 11.3. The lowest BCUT2D eigenvalue weighted by molar-refractivity contribution is 0.163. The van der Waals surface area contributed by atoms with Crippen LogP contribution in [0.5, 0.6) is 0 Å². The van der Waals surface area contributed by atoms with E-state index in [9.17, 15) is 0 Å². The molecule has 0 heterocycles. The summed E-state index contributed by atoms with van der Waals surface area (Å²) in [4.78, 5) is 0. The molecule has 0 N–H and O–H groups in total. The molecule has 0 aliphatic heterocycles. The summed E-state index contributed by atoms with van der Waals surface area (Å²) in [5, 5.41) is 0. The molecule has 0 saturated heterocycles. The highest BCUT2D eigenvalue weighted by Crippen LogP contribution is 2.75. The van der Waals surface area contributed by atoms with Gasteiger partial charge in [-0.2, -0.15) is 0 Å². The van der Waals surface area contributed by atoms with Crippen molar-refractivity contribution in [1.29, 1.82) is 0 Å². The van der Waals surface area contributed by atoms with Crippen molar-refractivity contribution < 1.29 is 0 Å². The van der Waals surface area contributed by atoms with Gasteiger partial charge < -0.3 is 0 Å². The first kappa shape index (κ1) is 11.8. The van der Waals surface area contributed by atoms with Crippen molar-refractivity contribution in [1.82, 2.24) is 0 Å². The third-order valence-electron chi connectivity index (χ3n) is 5.66. The quantitative estimate of drug-likeness (QED) is 0.601. The second-order valence-corrected chi connectivity index (χ2v) is 6.99. The third-order valence-corrected chi connectivity index (χ3v) is 5.97. The Labute approximate surface area is 99.8 Å². The van der Waals surface area contributed by atoms with Gasteiger partial charge in [-0.15, -0.1) is 11.6 Å². The van der Waals surface area contributed by atoms with E-state index in [0.717, 1.165) is 23.6 Å². The monoisotopic (exact) mass is 228 g/mol. The van der Waals surface area contributed by atoms with Gasteiger partial charge in [0.15, 0.2) is 0 Å². The minimum absolute atomic E-state index is 0.516. The maximum atomic E-state index is 6.13. The highest BCUT2D eigenvalue weighted by atomic mass is 35.5. The highest BCUT2D eigenvalue weighted by Gasteiger charge is 2.70. The molecule has 2 fully saturated rings. The molecule has 3 atom stereocenters. The molecule has 2 rings (SSSR count). The summed E-state index contributed by atoms with van der Waals surface area (Å²) in [7, 11) is 0. The first-order valence-corrected chi connectivity index (χ1v) is 7.05. The van der Waals surface area contributed by atoms with Crippen LogP contribution in [-0.4, -0.2) is 5.88 Å². The normalized spacial score (nSPS) is 43.6. The van der Waals surface area contributed by atoms with Crippen molar-refractivity contribution >= 4 is 11.6 Å². The first-order valence-electron chi connectivity index (χ1n) is 6.51. The van der Waals surface area contributed by atoms with Crippen molar-refractivity contribution in [3.05, 3.63) is 0 Å². The molecule has 2 saturated carbocycles. The van der Waals surface area contributed by atoms with E-state index in [4.69, 9.17) is 11.6 Å². The zero-order valence-corrected chi connectivity index (χ0v) is 11.4. The Bertz CT molecular complexity index is 244. The van der Waals surface area contributed by atoms with Gasteiger partial charge in [0.1, 0.15) is 0 Å². The molecular formula is C14H25Cl. The molecule has 0 nitrogen and oxygen atoms in total. The molecule has 1 spiro atoms. The van der Waals surface area contributed by atoms with Gasteiger partial charge in [0.05, 0.1) is 0 Å². The summed E-state index contributed by atoms with van der Waals surface area (Å²) in [6.07, 6.45) is 5.75. The molecule has 2 aliphatic rings. The molecule has 0 aromatic carbocycles. The number of halogens is 1. The molecule has 0 amide bonds. The Morgan fingerprint density at radius 1 is 1.33 bits per heavy atom. The van der Waals surface area contributed by atoms with E-state index in [2.05, 4.69) is 27.7 Å². The maximum absolute atomic E-state index is 6.13. The van der Waals surface area contributed by atoms with Gasteiger partial charge in [-0.25, -0.2) is 0 Å². The number of hydrogen-bond donors (Lipinski definition) is 0. The Kier molecular flexibility index (Phi) is 2.86. The minimum Gasteiger partial charge on any atom is -0.126 e. The van der Waals surface area contributed by atoms with E-state index in [0.29, 0.717) is 10.8 Å². The van der Waals surface area contributed by atoms with Crippen LogP contribution in [0.3, 0.4) is 0 Å². The van der Waals surface area contributed by atoms with Crippen molar-refractivity contribution in [3.63, 3.8) is 0 Å². The fraction of sp³-hybridized carbons (Fsp3) is 1.00. The number of alkyl halides is 1. The van der Waals surface area contributed by atoms with E-state index >= 15 is 0 Å². The number of rotatable bonds is 2. The average Bonchev–Trinajstić information content (AvgIpc) is 2.61. The summed E-state index contributed by atoms with van der Waals surface area (Å²) >= 11 is 6.13.